The number of hydrogen-bond donors (Lipinski definition) is 2. The van der Waals surface area contributed by atoms with E-state index in [2.05, 4.69) is 30.7 Å². The number of carbonyl (C=O) groups excluding carboxylic acids is 2. The second-order valence-corrected chi connectivity index (χ2v) is 10.6. The Balaban J connectivity index is 1.18. The Hall–Kier alpha value is -3.80. The number of nitrogens with zero attached hydrogens (tertiary/aromatic N) is 4. The van der Waals surface area contributed by atoms with E-state index in [-0.39, 0.29) is 22.9 Å². The molecule has 1 aliphatic heterocycles. The normalized spacial score (nSPS) is 22.3. The summed E-state index contributed by atoms with van der Waals surface area (Å²) in [6.07, 6.45) is 7.70. The molecule has 0 bridgehead atoms. The van der Waals surface area contributed by atoms with Crippen LogP contribution >= 0.6 is 0 Å². The highest BCUT2D eigenvalue weighted by molar-refractivity contribution is 5.94. The number of rotatable bonds is 8. The Labute approximate surface area is 222 Å². The van der Waals surface area contributed by atoms with Gasteiger partial charge in [-0.2, -0.15) is 0 Å². The third kappa shape index (κ3) is 5.25. The Morgan fingerprint density at radius 1 is 1.08 bits per heavy atom. The van der Waals surface area contributed by atoms with Crippen molar-refractivity contribution >= 4 is 11.8 Å². The molecule has 2 amide bonds. The molecule has 0 spiro atoms. The van der Waals surface area contributed by atoms with E-state index in [4.69, 9.17) is 4.52 Å². The fraction of sp³-hybridized carbons (Fsp3) is 0.444. The van der Waals surface area contributed by atoms with E-state index in [1.165, 1.54) is 12.8 Å². The number of piperidine rings is 1. The summed E-state index contributed by atoms with van der Waals surface area (Å²) in [6, 6.07) is 4.17. The molecule has 3 aliphatic rings. The summed E-state index contributed by atoms with van der Waals surface area (Å²) in [5.41, 5.74) is -1.12. The van der Waals surface area contributed by atoms with Gasteiger partial charge in [-0.05, 0) is 56.2 Å². The minimum absolute atomic E-state index is 0.162. The molecule has 1 saturated heterocycles. The molecule has 3 fully saturated rings. The average molecular weight is 541 g/mol. The van der Waals surface area contributed by atoms with Crippen LogP contribution in [0.25, 0.3) is 11.3 Å². The zero-order valence-corrected chi connectivity index (χ0v) is 21.0. The summed E-state index contributed by atoms with van der Waals surface area (Å²) in [4.78, 5) is 37.6. The van der Waals surface area contributed by atoms with Crippen LogP contribution in [-0.2, 0) is 10.3 Å². The van der Waals surface area contributed by atoms with Gasteiger partial charge in [0.25, 0.3) is 5.91 Å². The van der Waals surface area contributed by atoms with Crippen molar-refractivity contribution in [1.29, 1.82) is 0 Å². The van der Waals surface area contributed by atoms with Crippen LogP contribution < -0.4 is 10.6 Å². The number of halogens is 3. The smallest absolute Gasteiger partial charge is 0.273 e. The first-order valence-electron chi connectivity index (χ1n) is 13.1. The quantitative estimate of drug-likeness (QED) is 0.422. The van der Waals surface area contributed by atoms with Gasteiger partial charge in [0.1, 0.15) is 0 Å². The summed E-state index contributed by atoms with van der Waals surface area (Å²) in [7, 11) is 0. The van der Waals surface area contributed by atoms with Gasteiger partial charge in [-0.3, -0.25) is 9.59 Å². The Kier molecular flexibility index (Phi) is 6.57. The maximum atomic E-state index is 14.2. The molecule has 2 N–H and O–H groups in total. The molecule has 1 aromatic carbocycles. The Morgan fingerprint density at radius 3 is 2.56 bits per heavy atom. The number of amides is 2. The van der Waals surface area contributed by atoms with Gasteiger partial charge in [-0.1, -0.05) is 5.16 Å². The summed E-state index contributed by atoms with van der Waals surface area (Å²) >= 11 is 0. The average Bonchev–Trinajstić information content (AvgIpc) is 3.87. The predicted molar refractivity (Wildman–Crippen MR) is 131 cm³/mol. The molecule has 204 valence electrons. The Bertz CT molecular complexity index is 1390. The van der Waals surface area contributed by atoms with Gasteiger partial charge in [0.05, 0.1) is 17.0 Å². The molecule has 9 nitrogen and oxygen atoms in total. The van der Waals surface area contributed by atoms with Crippen molar-refractivity contribution in [3.63, 3.8) is 0 Å². The van der Waals surface area contributed by atoms with Crippen molar-refractivity contribution in [2.45, 2.75) is 43.7 Å². The van der Waals surface area contributed by atoms with Crippen molar-refractivity contribution < 1.29 is 27.3 Å². The lowest BCUT2D eigenvalue weighted by atomic mass is 9.90. The van der Waals surface area contributed by atoms with Gasteiger partial charge in [0.2, 0.25) is 5.91 Å². The highest BCUT2D eigenvalue weighted by Gasteiger charge is 2.50. The molecular formula is C27H27F3N6O3. The molecule has 2 aromatic heterocycles. The van der Waals surface area contributed by atoms with Crippen LogP contribution in [0.3, 0.4) is 0 Å². The highest BCUT2D eigenvalue weighted by Crippen LogP contribution is 2.44. The summed E-state index contributed by atoms with van der Waals surface area (Å²) < 4.78 is 46.2. The molecule has 0 radical (unpaired) electrons. The van der Waals surface area contributed by atoms with E-state index in [0.29, 0.717) is 24.7 Å². The predicted octanol–water partition coefficient (Wildman–Crippen LogP) is 3.18. The minimum Gasteiger partial charge on any atom is -0.355 e. The summed E-state index contributed by atoms with van der Waals surface area (Å²) in [6.45, 7) is 2.13. The van der Waals surface area contributed by atoms with E-state index >= 15 is 0 Å². The first-order chi connectivity index (χ1) is 18.8. The standard InChI is InChI=1S/C27H27F3N6O3/c28-18-5-4-16(22(29)23(18)30)21-12-20(35-39-21)25(38)33-19-6-11-36(13-15-2-3-15)14-17(19)24(37)34-27(7-8-27)26-31-9-1-10-32-26/h1,4-5,9-10,12,15,17,19H,2-3,6-8,11,13-14H2,(H,33,38)(H,34,37)/t17-,19-/m1/s1. The monoisotopic (exact) mass is 540 g/mol. The van der Waals surface area contributed by atoms with Crippen LogP contribution in [0.2, 0.25) is 0 Å². The maximum Gasteiger partial charge on any atom is 0.273 e. The molecule has 3 heterocycles. The molecule has 6 rings (SSSR count). The van der Waals surface area contributed by atoms with Crippen molar-refractivity contribution in [3.05, 3.63) is 65.6 Å². The second kappa shape index (κ2) is 10.1. The van der Waals surface area contributed by atoms with Gasteiger partial charge >= 0.3 is 0 Å². The first-order valence-corrected chi connectivity index (χ1v) is 13.1. The first kappa shape index (κ1) is 25.5. The van der Waals surface area contributed by atoms with Crippen molar-refractivity contribution in [3.8, 4) is 11.3 Å². The van der Waals surface area contributed by atoms with Crippen molar-refractivity contribution in [1.82, 2.24) is 30.7 Å². The molecule has 2 aliphatic carbocycles. The molecule has 39 heavy (non-hydrogen) atoms. The van der Waals surface area contributed by atoms with Crippen LogP contribution in [-0.4, -0.2) is 57.5 Å². The number of benzene rings is 1. The van der Waals surface area contributed by atoms with Crippen LogP contribution in [0.4, 0.5) is 13.2 Å². The van der Waals surface area contributed by atoms with Gasteiger partial charge in [0, 0.05) is 44.1 Å². The molecule has 2 atom stereocenters. The highest BCUT2D eigenvalue weighted by atomic mass is 19.2. The van der Waals surface area contributed by atoms with Crippen LogP contribution in [0.1, 0.15) is 48.4 Å². The Morgan fingerprint density at radius 2 is 1.85 bits per heavy atom. The fourth-order valence-electron chi connectivity index (χ4n) is 5.16. The van der Waals surface area contributed by atoms with Crippen LogP contribution in [0.15, 0.2) is 41.2 Å². The number of carbonyl (C=O) groups is 2. The SMILES string of the molecule is O=C(N[C@@H]1CCN(CC2CC2)C[C@H]1C(=O)NC1(c2ncccn2)CC1)c1cc(-c2ccc(F)c(F)c2F)on1. The van der Waals surface area contributed by atoms with E-state index in [1.54, 1.807) is 18.5 Å². The largest absolute Gasteiger partial charge is 0.355 e. The zero-order valence-electron chi connectivity index (χ0n) is 21.0. The van der Waals surface area contributed by atoms with E-state index in [1.807, 2.05) is 0 Å². The number of hydrogen-bond acceptors (Lipinski definition) is 7. The molecule has 3 aromatic rings. The van der Waals surface area contributed by atoms with Crippen molar-refractivity contribution in [2.75, 3.05) is 19.6 Å². The number of likely N-dealkylation sites (tertiary alicyclic amines) is 1. The summed E-state index contributed by atoms with van der Waals surface area (Å²) in [5, 5.41) is 9.73. The lowest BCUT2D eigenvalue weighted by Crippen LogP contribution is -2.57. The van der Waals surface area contributed by atoms with Gasteiger partial charge in [-0.25, -0.2) is 23.1 Å². The third-order valence-corrected chi connectivity index (χ3v) is 7.71. The molecular weight excluding hydrogens is 513 g/mol. The number of nitrogens with one attached hydrogen (secondary N) is 2. The second-order valence-electron chi connectivity index (χ2n) is 10.6. The van der Waals surface area contributed by atoms with E-state index < -0.39 is 40.9 Å². The van der Waals surface area contributed by atoms with Crippen molar-refractivity contribution in [2.24, 2.45) is 11.8 Å². The number of aromatic nitrogens is 3. The van der Waals surface area contributed by atoms with Crippen LogP contribution in [0.5, 0.6) is 0 Å². The lowest BCUT2D eigenvalue weighted by molar-refractivity contribution is -0.128. The summed E-state index contributed by atoms with van der Waals surface area (Å²) in [5.74, 6) is -4.74. The van der Waals surface area contributed by atoms with Gasteiger partial charge < -0.3 is 20.1 Å². The lowest BCUT2D eigenvalue weighted by Gasteiger charge is -2.38. The molecule has 0 unspecified atom stereocenters. The molecule has 2 saturated carbocycles. The van der Waals surface area contributed by atoms with Gasteiger partial charge in [0.15, 0.2) is 34.7 Å². The minimum atomic E-state index is -1.64. The maximum absolute atomic E-state index is 14.2. The zero-order chi connectivity index (χ0) is 27.1. The van der Waals surface area contributed by atoms with E-state index in [9.17, 15) is 22.8 Å². The molecule has 12 heteroatoms. The third-order valence-electron chi connectivity index (χ3n) is 7.71. The van der Waals surface area contributed by atoms with E-state index in [0.717, 1.165) is 44.1 Å². The fourth-order valence-corrected chi connectivity index (χ4v) is 5.16. The van der Waals surface area contributed by atoms with Gasteiger partial charge in [-0.15, -0.1) is 0 Å². The van der Waals surface area contributed by atoms with Crippen LogP contribution in [0, 0.1) is 29.3 Å². The topological polar surface area (TPSA) is 113 Å².